The molecule has 4 N–H and O–H groups in total. The van der Waals surface area contributed by atoms with Crippen molar-refractivity contribution >= 4 is 24.2 Å². The van der Waals surface area contributed by atoms with E-state index in [2.05, 4.69) is 31.1 Å². The highest BCUT2D eigenvalue weighted by molar-refractivity contribution is 5.80. The van der Waals surface area contributed by atoms with Crippen LogP contribution in [0, 0.1) is 11.8 Å². The fourth-order valence-corrected chi connectivity index (χ4v) is 3.51. The predicted molar refractivity (Wildman–Crippen MR) is 102 cm³/mol. The van der Waals surface area contributed by atoms with Crippen molar-refractivity contribution in [2.75, 3.05) is 17.3 Å². The Balaban J connectivity index is 1.61. The molecule has 154 valence electrons. The van der Waals surface area contributed by atoms with Crippen LogP contribution >= 0.6 is 0 Å². The third-order valence-corrected chi connectivity index (χ3v) is 5.20. The number of carbonyl (C=O) groups is 2. The van der Waals surface area contributed by atoms with E-state index in [0.29, 0.717) is 48.0 Å². The van der Waals surface area contributed by atoms with Crippen molar-refractivity contribution in [2.24, 2.45) is 11.8 Å². The molecule has 0 radical (unpaired) electrons. The van der Waals surface area contributed by atoms with Gasteiger partial charge in [-0.2, -0.15) is 15.0 Å². The number of aryl methyl sites for hydroxylation is 1. The van der Waals surface area contributed by atoms with E-state index in [1.54, 1.807) is 0 Å². The maximum absolute atomic E-state index is 12.7. The first-order valence-corrected chi connectivity index (χ1v) is 10.1. The number of anilines is 2. The van der Waals surface area contributed by atoms with Crippen LogP contribution in [0.4, 0.5) is 11.9 Å². The van der Waals surface area contributed by atoms with Crippen LogP contribution in [-0.2, 0) is 16.0 Å². The highest BCUT2D eigenvalue weighted by Crippen LogP contribution is 2.30. The summed E-state index contributed by atoms with van der Waals surface area (Å²) < 4.78 is 0. The molecule has 28 heavy (non-hydrogen) atoms. The molecule has 2 fully saturated rings. The van der Waals surface area contributed by atoms with E-state index in [0.717, 1.165) is 38.5 Å². The molecule has 10 heteroatoms. The number of nitrogens with one attached hydrogen (secondary N) is 3. The first-order valence-electron chi connectivity index (χ1n) is 10.1. The second-order valence-corrected chi connectivity index (χ2v) is 7.60. The predicted octanol–water partition coefficient (Wildman–Crippen LogP) is 1.50. The Morgan fingerprint density at radius 2 is 1.93 bits per heavy atom. The first kappa shape index (κ1) is 20.2. The van der Waals surface area contributed by atoms with Gasteiger partial charge in [0.25, 0.3) is 0 Å². The molecule has 1 aromatic rings. The number of nitrogens with zero attached hydrogens (tertiary/aromatic N) is 4. The van der Waals surface area contributed by atoms with Gasteiger partial charge in [0.05, 0.1) is 12.5 Å². The highest BCUT2D eigenvalue weighted by Gasteiger charge is 2.27. The van der Waals surface area contributed by atoms with E-state index in [1.165, 1.54) is 0 Å². The summed E-state index contributed by atoms with van der Waals surface area (Å²) in [5.41, 5.74) is 5.39. The van der Waals surface area contributed by atoms with Crippen LogP contribution in [0.1, 0.15) is 57.7 Å². The van der Waals surface area contributed by atoms with Gasteiger partial charge in [0.2, 0.25) is 24.2 Å². The zero-order chi connectivity index (χ0) is 19.9. The Hall–Kier alpha value is -2.49. The molecule has 0 aromatic carbocycles. The third-order valence-electron chi connectivity index (χ3n) is 5.20. The lowest BCUT2D eigenvalue weighted by Crippen LogP contribution is -2.41. The monoisotopic (exact) mass is 391 g/mol. The molecule has 2 saturated carbocycles. The molecule has 1 atom stereocenters. The topological polar surface area (TPSA) is 132 Å². The summed E-state index contributed by atoms with van der Waals surface area (Å²) in [5, 5.41) is 13.3. The number of amides is 2. The quantitative estimate of drug-likeness (QED) is 0.253. The number of hydrogen-bond donors (Lipinski definition) is 4. The largest absolute Gasteiger partial charge is 0.351 e. The summed E-state index contributed by atoms with van der Waals surface area (Å²) in [6, 6.07) is 0.407. The van der Waals surface area contributed by atoms with E-state index in [-0.39, 0.29) is 18.4 Å². The summed E-state index contributed by atoms with van der Waals surface area (Å²) >= 11 is 0. The van der Waals surface area contributed by atoms with Crippen LogP contribution in [0.25, 0.3) is 0 Å². The van der Waals surface area contributed by atoms with Crippen LogP contribution in [0.2, 0.25) is 0 Å². The fraction of sp³-hybridized carbons (Fsp3) is 0.722. The van der Waals surface area contributed by atoms with Gasteiger partial charge < -0.3 is 5.32 Å². The molecule has 0 unspecified atom stereocenters. The molecule has 1 aromatic heterocycles. The molecule has 1 heterocycles. The molecule has 10 nitrogen and oxygen atoms in total. The van der Waals surface area contributed by atoms with Crippen molar-refractivity contribution in [2.45, 2.75) is 64.3 Å². The maximum atomic E-state index is 12.7. The van der Waals surface area contributed by atoms with Gasteiger partial charge in [0, 0.05) is 12.5 Å². The SMILES string of the molecule is CCc1nc(NNC(=O)[C@@H](CC2CCCC2)CN(O)C=O)nc(NC2CC2)n1. The van der Waals surface area contributed by atoms with Crippen LogP contribution in [0.5, 0.6) is 0 Å². The summed E-state index contributed by atoms with van der Waals surface area (Å²) in [5.74, 6) is 1.01. The summed E-state index contributed by atoms with van der Waals surface area (Å²) in [7, 11) is 0. The van der Waals surface area contributed by atoms with E-state index in [1.807, 2.05) is 6.92 Å². The molecule has 2 aliphatic rings. The third kappa shape index (κ3) is 6.01. The van der Waals surface area contributed by atoms with E-state index in [9.17, 15) is 14.8 Å². The van der Waals surface area contributed by atoms with Crippen LogP contribution in [0.3, 0.4) is 0 Å². The summed E-state index contributed by atoms with van der Waals surface area (Å²) in [6.07, 6.45) is 8.27. The van der Waals surface area contributed by atoms with Gasteiger partial charge in [-0.15, -0.1) is 0 Å². The maximum Gasteiger partial charge on any atom is 0.246 e. The Kier molecular flexibility index (Phi) is 6.96. The number of hydrazine groups is 1. The molecular weight excluding hydrogens is 362 g/mol. The van der Waals surface area contributed by atoms with Gasteiger partial charge in [-0.05, 0) is 25.2 Å². The lowest BCUT2D eigenvalue weighted by atomic mass is 9.92. The van der Waals surface area contributed by atoms with Gasteiger partial charge in [0.15, 0.2) is 0 Å². The van der Waals surface area contributed by atoms with Crippen molar-refractivity contribution in [1.82, 2.24) is 25.4 Å². The van der Waals surface area contributed by atoms with Crippen molar-refractivity contribution in [3.05, 3.63) is 5.82 Å². The van der Waals surface area contributed by atoms with Crippen molar-refractivity contribution < 1.29 is 14.8 Å². The Labute approximate surface area is 164 Å². The van der Waals surface area contributed by atoms with Gasteiger partial charge in [0.1, 0.15) is 5.82 Å². The number of aromatic nitrogens is 3. The minimum Gasteiger partial charge on any atom is -0.351 e. The Morgan fingerprint density at radius 3 is 2.57 bits per heavy atom. The summed E-state index contributed by atoms with van der Waals surface area (Å²) in [4.78, 5) is 36.4. The minimum absolute atomic E-state index is 0.0423. The Morgan fingerprint density at radius 1 is 1.21 bits per heavy atom. The van der Waals surface area contributed by atoms with Crippen LogP contribution in [-0.4, -0.2) is 50.1 Å². The average molecular weight is 391 g/mol. The molecule has 0 aliphatic heterocycles. The number of carbonyl (C=O) groups excluding carboxylic acids is 2. The normalized spacial score (nSPS) is 17.8. The van der Waals surface area contributed by atoms with Crippen molar-refractivity contribution in [3.8, 4) is 0 Å². The van der Waals surface area contributed by atoms with Crippen LogP contribution < -0.4 is 16.2 Å². The highest BCUT2D eigenvalue weighted by atomic mass is 16.5. The van der Waals surface area contributed by atoms with Gasteiger partial charge in [-0.1, -0.05) is 32.6 Å². The standard InChI is InChI=1S/C18H29N7O3/c1-2-15-20-17(19-14-7-8-14)22-18(21-15)24-23-16(27)13(10-25(28)11-26)9-12-5-3-4-6-12/h11-14,28H,2-10H2,1H3,(H,23,27)(H2,19,20,21,22,24)/t13-/m0/s1. The number of hydroxylamine groups is 2. The molecular formula is C18H29N7O3. The van der Waals surface area contributed by atoms with Crippen LogP contribution in [0.15, 0.2) is 0 Å². The number of hydrogen-bond acceptors (Lipinski definition) is 8. The summed E-state index contributed by atoms with van der Waals surface area (Å²) in [6.45, 7) is 1.91. The second-order valence-electron chi connectivity index (χ2n) is 7.60. The van der Waals surface area contributed by atoms with E-state index in [4.69, 9.17) is 0 Å². The van der Waals surface area contributed by atoms with Gasteiger partial charge in [-0.3, -0.25) is 25.6 Å². The molecule has 2 aliphatic carbocycles. The van der Waals surface area contributed by atoms with Crippen molar-refractivity contribution in [3.63, 3.8) is 0 Å². The van der Waals surface area contributed by atoms with Gasteiger partial charge in [-0.25, -0.2) is 5.06 Å². The molecule has 2 amide bonds. The fourth-order valence-electron chi connectivity index (χ4n) is 3.51. The molecule has 0 saturated heterocycles. The molecule has 0 bridgehead atoms. The smallest absolute Gasteiger partial charge is 0.246 e. The second kappa shape index (κ2) is 9.63. The average Bonchev–Trinajstić information content (AvgIpc) is 3.36. The molecule has 3 rings (SSSR count). The lowest BCUT2D eigenvalue weighted by molar-refractivity contribution is -0.154. The van der Waals surface area contributed by atoms with E-state index < -0.39 is 5.92 Å². The number of rotatable bonds is 11. The molecule has 0 spiro atoms. The van der Waals surface area contributed by atoms with Gasteiger partial charge >= 0.3 is 0 Å². The van der Waals surface area contributed by atoms with Crippen molar-refractivity contribution in [1.29, 1.82) is 0 Å². The zero-order valence-electron chi connectivity index (χ0n) is 16.2. The lowest BCUT2D eigenvalue weighted by Gasteiger charge is -2.22. The van der Waals surface area contributed by atoms with E-state index >= 15 is 0 Å². The minimum atomic E-state index is -0.512. The first-order chi connectivity index (χ1) is 13.6. The zero-order valence-corrected chi connectivity index (χ0v) is 16.2. The Bertz CT molecular complexity index is 677.